The topological polar surface area (TPSA) is 102 Å². The lowest BCUT2D eigenvalue weighted by atomic mass is 10.2. The molecule has 0 aliphatic heterocycles. The minimum Gasteiger partial charge on any atom is -0.308 e. The molecule has 0 fully saturated rings. The molecule has 0 saturated heterocycles. The van der Waals surface area contributed by atoms with Crippen LogP contribution < -0.4 is 22.5 Å². The Morgan fingerprint density at radius 2 is 1.75 bits per heavy atom. The summed E-state index contributed by atoms with van der Waals surface area (Å²) in [5, 5.41) is 0. The highest BCUT2D eigenvalue weighted by molar-refractivity contribution is 5.48. The first-order valence-corrected chi connectivity index (χ1v) is 3.47. The van der Waals surface area contributed by atoms with Crippen molar-refractivity contribution in [3.8, 4) is 0 Å². The average Bonchev–Trinajstić information content (AvgIpc) is 2.09. The maximum absolute atomic E-state index is 5.23. The highest BCUT2D eigenvalue weighted by Crippen LogP contribution is 2.14. The Morgan fingerprint density at radius 3 is 2.25 bits per heavy atom. The van der Waals surface area contributed by atoms with Crippen molar-refractivity contribution < 1.29 is 0 Å². The summed E-state index contributed by atoms with van der Waals surface area (Å²) < 4.78 is 0. The quantitative estimate of drug-likeness (QED) is 0.356. The maximum atomic E-state index is 5.23. The van der Waals surface area contributed by atoms with Gasteiger partial charge in [-0.3, -0.25) is 5.43 Å². The molecule has 0 saturated carbocycles. The number of nitrogens with two attached hydrogens (primary N) is 2. The van der Waals surface area contributed by atoms with E-state index in [1.54, 1.807) is 0 Å². The van der Waals surface area contributed by atoms with Gasteiger partial charge in [-0.15, -0.1) is 0 Å². The van der Waals surface area contributed by atoms with Crippen molar-refractivity contribution >= 4 is 11.8 Å². The van der Waals surface area contributed by atoms with Gasteiger partial charge in [-0.2, -0.15) is 4.98 Å². The van der Waals surface area contributed by atoms with Crippen LogP contribution in [0.1, 0.15) is 11.3 Å². The van der Waals surface area contributed by atoms with E-state index in [-0.39, 0.29) is 0 Å². The first kappa shape index (κ1) is 8.69. The van der Waals surface area contributed by atoms with Crippen LogP contribution in [0.2, 0.25) is 0 Å². The summed E-state index contributed by atoms with van der Waals surface area (Å²) in [5.74, 6) is 11.3. The third-order valence-electron chi connectivity index (χ3n) is 1.66. The first-order valence-electron chi connectivity index (χ1n) is 3.47. The van der Waals surface area contributed by atoms with Gasteiger partial charge < -0.3 is 5.43 Å². The van der Waals surface area contributed by atoms with Gasteiger partial charge in [-0.05, 0) is 13.8 Å². The molecule has 6 nitrogen and oxygen atoms in total. The summed E-state index contributed by atoms with van der Waals surface area (Å²) in [7, 11) is 0. The second-order valence-corrected chi connectivity index (χ2v) is 2.39. The van der Waals surface area contributed by atoms with Crippen LogP contribution in [0.15, 0.2) is 0 Å². The van der Waals surface area contributed by atoms with E-state index >= 15 is 0 Å². The molecule has 0 unspecified atom stereocenters. The fourth-order valence-electron chi connectivity index (χ4n) is 0.834. The van der Waals surface area contributed by atoms with Crippen molar-refractivity contribution in [3.63, 3.8) is 0 Å². The Bertz CT molecular complexity index is 284. The summed E-state index contributed by atoms with van der Waals surface area (Å²) in [6.45, 7) is 3.74. The van der Waals surface area contributed by atoms with Crippen LogP contribution in [-0.2, 0) is 0 Å². The predicted molar refractivity (Wildman–Crippen MR) is 47.1 cm³/mol. The Labute approximate surface area is 70.3 Å². The Morgan fingerprint density at radius 1 is 1.08 bits per heavy atom. The summed E-state index contributed by atoms with van der Waals surface area (Å²) >= 11 is 0. The molecule has 0 aliphatic carbocycles. The van der Waals surface area contributed by atoms with Crippen LogP contribution in [-0.4, -0.2) is 9.97 Å². The second kappa shape index (κ2) is 3.33. The van der Waals surface area contributed by atoms with Gasteiger partial charge in [0.1, 0.15) is 5.82 Å². The third kappa shape index (κ3) is 1.44. The molecule has 1 rings (SSSR count). The molecule has 1 aromatic rings. The minimum absolute atomic E-state index is 0.353. The summed E-state index contributed by atoms with van der Waals surface area (Å²) in [6.07, 6.45) is 0. The van der Waals surface area contributed by atoms with Crippen LogP contribution in [0.4, 0.5) is 11.8 Å². The predicted octanol–water partition coefficient (Wildman–Crippen LogP) is -0.335. The van der Waals surface area contributed by atoms with Gasteiger partial charge in [0.05, 0.1) is 0 Å². The Kier molecular flexibility index (Phi) is 2.41. The zero-order chi connectivity index (χ0) is 9.14. The maximum Gasteiger partial charge on any atom is 0.239 e. The lowest BCUT2D eigenvalue weighted by molar-refractivity contribution is 1.03. The van der Waals surface area contributed by atoms with E-state index in [9.17, 15) is 0 Å². The SMILES string of the molecule is Cc1nc(NN)nc(NN)c1C. The van der Waals surface area contributed by atoms with Crippen LogP contribution in [0, 0.1) is 13.8 Å². The van der Waals surface area contributed by atoms with Gasteiger partial charge in [0, 0.05) is 11.3 Å². The molecule has 1 aromatic heterocycles. The van der Waals surface area contributed by atoms with Crippen molar-refractivity contribution in [2.45, 2.75) is 13.8 Å². The zero-order valence-corrected chi connectivity index (χ0v) is 7.05. The molecular weight excluding hydrogens is 156 g/mol. The van der Waals surface area contributed by atoms with Gasteiger partial charge in [-0.25, -0.2) is 16.7 Å². The lowest BCUT2D eigenvalue weighted by Gasteiger charge is -2.07. The van der Waals surface area contributed by atoms with Crippen LogP contribution in [0.25, 0.3) is 0 Å². The van der Waals surface area contributed by atoms with Gasteiger partial charge in [0.25, 0.3) is 0 Å². The van der Waals surface area contributed by atoms with E-state index in [4.69, 9.17) is 11.7 Å². The number of rotatable bonds is 2. The van der Waals surface area contributed by atoms with E-state index in [0.29, 0.717) is 11.8 Å². The van der Waals surface area contributed by atoms with Gasteiger partial charge in [-0.1, -0.05) is 0 Å². The molecule has 6 heteroatoms. The van der Waals surface area contributed by atoms with E-state index in [2.05, 4.69) is 20.8 Å². The number of anilines is 2. The van der Waals surface area contributed by atoms with Gasteiger partial charge >= 0.3 is 0 Å². The van der Waals surface area contributed by atoms with Crippen molar-refractivity contribution in [1.82, 2.24) is 9.97 Å². The number of aryl methyl sites for hydroxylation is 1. The molecule has 1 heterocycles. The highest BCUT2D eigenvalue weighted by Gasteiger charge is 2.04. The normalized spacial score (nSPS) is 9.67. The number of nitrogens with zero attached hydrogens (tertiary/aromatic N) is 2. The molecule has 12 heavy (non-hydrogen) atoms. The van der Waals surface area contributed by atoms with Crippen LogP contribution in [0.5, 0.6) is 0 Å². The largest absolute Gasteiger partial charge is 0.308 e. The van der Waals surface area contributed by atoms with E-state index in [1.807, 2.05) is 13.8 Å². The highest BCUT2D eigenvalue weighted by atomic mass is 15.3. The van der Waals surface area contributed by atoms with Gasteiger partial charge in [0.15, 0.2) is 0 Å². The molecule has 66 valence electrons. The molecule has 6 N–H and O–H groups in total. The number of nitrogens with one attached hydrogen (secondary N) is 2. The van der Waals surface area contributed by atoms with Crippen LogP contribution >= 0.6 is 0 Å². The Hall–Kier alpha value is -1.40. The van der Waals surface area contributed by atoms with E-state index < -0.39 is 0 Å². The fraction of sp³-hybridized carbons (Fsp3) is 0.333. The molecule has 0 bridgehead atoms. The van der Waals surface area contributed by atoms with Gasteiger partial charge in [0.2, 0.25) is 5.95 Å². The molecule has 0 atom stereocenters. The van der Waals surface area contributed by atoms with Crippen molar-refractivity contribution in [3.05, 3.63) is 11.3 Å². The monoisotopic (exact) mass is 168 g/mol. The number of hydrazine groups is 2. The smallest absolute Gasteiger partial charge is 0.239 e. The molecule has 0 amide bonds. The second-order valence-electron chi connectivity index (χ2n) is 2.39. The lowest BCUT2D eigenvalue weighted by Crippen LogP contribution is -2.16. The number of nitrogen functional groups attached to an aromatic ring is 2. The molecular formula is C6H12N6. The number of aromatic nitrogens is 2. The molecule has 0 spiro atoms. The molecule has 0 aromatic carbocycles. The fourth-order valence-corrected chi connectivity index (χ4v) is 0.834. The number of hydrogen-bond donors (Lipinski definition) is 4. The van der Waals surface area contributed by atoms with Crippen molar-refractivity contribution in [1.29, 1.82) is 0 Å². The molecule has 0 aliphatic rings. The van der Waals surface area contributed by atoms with E-state index in [0.717, 1.165) is 11.3 Å². The standard InChI is InChI=1S/C6H12N6/c1-3-4(2)9-6(12-8)10-5(3)11-7/h7-8H2,1-2H3,(H2,9,10,11,12). The van der Waals surface area contributed by atoms with Crippen molar-refractivity contribution in [2.24, 2.45) is 11.7 Å². The summed E-state index contributed by atoms with van der Waals surface area (Å²) in [4.78, 5) is 8.04. The molecule has 0 radical (unpaired) electrons. The summed E-state index contributed by atoms with van der Waals surface area (Å²) in [6, 6.07) is 0. The number of hydrogen-bond acceptors (Lipinski definition) is 6. The van der Waals surface area contributed by atoms with Crippen LogP contribution in [0.3, 0.4) is 0 Å². The van der Waals surface area contributed by atoms with E-state index in [1.165, 1.54) is 0 Å². The average molecular weight is 168 g/mol. The van der Waals surface area contributed by atoms with Crippen molar-refractivity contribution in [2.75, 3.05) is 10.9 Å². The first-order chi connectivity index (χ1) is 5.69. The summed E-state index contributed by atoms with van der Waals surface area (Å²) in [5.41, 5.74) is 6.57. The minimum atomic E-state index is 0.353. The Balaban J connectivity index is 3.19. The zero-order valence-electron chi connectivity index (χ0n) is 7.05. The third-order valence-corrected chi connectivity index (χ3v) is 1.66.